The fraction of sp³-hybridized carbons (Fsp3) is 0.318. The predicted molar refractivity (Wildman–Crippen MR) is 110 cm³/mol. The van der Waals surface area contributed by atoms with Crippen LogP contribution in [0.3, 0.4) is 0 Å². The minimum Gasteiger partial charge on any atom is -0.349 e. The van der Waals surface area contributed by atoms with E-state index in [4.69, 9.17) is 0 Å². The molecule has 1 atom stereocenters. The van der Waals surface area contributed by atoms with Crippen molar-refractivity contribution in [2.75, 3.05) is 18.0 Å². The minimum atomic E-state index is -5.93. The standard InChI is InChI=1S/C22H17F8N3O3/c23-20(24,22(28,29)30)10-31-16(34)9-17(35)32-18-14-7-2-1-5-12(14)13-6-3-4-8-15(13)33(19(18)36)11-21(25,26)27/h1-8,18H,9-11H2,(H,31,34)(H,32,35). The Labute approximate surface area is 198 Å². The molecular weight excluding hydrogens is 506 g/mol. The van der Waals surface area contributed by atoms with Gasteiger partial charge in [-0.3, -0.25) is 14.4 Å². The molecule has 14 heteroatoms. The van der Waals surface area contributed by atoms with Crippen molar-refractivity contribution in [1.29, 1.82) is 0 Å². The number of carbonyl (C=O) groups excluding carboxylic acids is 3. The quantitative estimate of drug-likeness (QED) is 0.442. The topological polar surface area (TPSA) is 78.5 Å². The van der Waals surface area contributed by atoms with Crippen LogP contribution in [0.25, 0.3) is 11.1 Å². The molecule has 194 valence electrons. The monoisotopic (exact) mass is 523 g/mol. The Kier molecular flexibility index (Phi) is 7.27. The van der Waals surface area contributed by atoms with Crippen LogP contribution >= 0.6 is 0 Å². The van der Waals surface area contributed by atoms with E-state index in [1.165, 1.54) is 47.8 Å². The number of hydrogen-bond acceptors (Lipinski definition) is 3. The Morgan fingerprint density at radius 3 is 2.03 bits per heavy atom. The van der Waals surface area contributed by atoms with Crippen molar-refractivity contribution < 1.29 is 49.5 Å². The van der Waals surface area contributed by atoms with Crippen LogP contribution in [0.2, 0.25) is 0 Å². The molecule has 0 saturated carbocycles. The van der Waals surface area contributed by atoms with Crippen molar-refractivity contribution in [2.24, 2.45) is 0 Å². The van der Waals surface area contributed by atoms with E-state index in [1.807, 2.05) is 0 Å². The molecule has 1 heterocycles. The molecule has 0 aliphatic carbocycles. The van der Waals surface area contributed by atoms with Crippen LogP contribution in [0, 0.1) is 0 Å². The van der Waals surface area contributed by atoms with Crippen LogP contribution in [0.15, 0.2) is 48.5 Å². The van der Waals surface area contributed by atoms with E-state index < -0.39 is 61.5 Å². The molecule has 6 nitrogen and oxygen atoms in total. The number of para-hydroxylation sites is 1. The van der Waals surface area contributed by atoms with E-state index in [-0.39, 0.29) is 16.8 Å². The minimum absolute atomic E-state index is 0.0869. The fourth-order valence-corrected chi connectivity index (χ4v) is 3.55. The molecule has 0 fully saturated rings. The average molecular weight is 523 g/mol. The Hall–Kier alpha value is -3.71. The van der Waals surface area contributed by atoms with Gasteiger partial charge in [-0.05, 0) is 17.2 Å². The number of halogens is 8. The third-order valence-corrected chi connectivity index (χ3v) is 5.16. The summed E-state index contributed by atoms with van der Waals surface area (Å²) in [5, 5.41) is 3.39. The van der Waals surface area contributed by atoms with Gasteiger partial charge >= 0.3 is 18.3 Å². The molecule has 0 saturated heterocycles. The van der Waals surface area contributed by atoms with E-state index in [0.29, 0.717) is 10.5 Å². The van der Waals surface area contributed by atoms with Gasteiger partial charge in [-0.25, -0.2) is 0 Å². The Morgan fingerprint density at radius 1 is 0.833 bits per heavy atom. The SMILES string of the molecule is O=C(CC(=O)NC1C(=O)N(CC(F)(F)F)c2ccccc2-c2ccccc21)NCC(F)(F)C(F)(F)F. The average Bonchev–Trinajstić information content (AvgIpc) is 2.86. The molecular formula is C22H17F8N3O3. The second kappa shape index (κ2) is 9.74. The van der Waals surface area contributed by atoms with Crippen LogP contribution in [0.1, 0.15) is 18.0 Å². The third-order valence-electron chi connectivity index (χ3n) is 5.16. The zero-order valence-electron chi connectivity index (χ0n) is 18.0. The van der Waals surface area contributed by atoms with E-state index in [9.17, 15) is 49.5 Å². The van der Waals surface area contributed by atoms with Crippen LogP contribution in [-0.4, -0.2) is 49.1 Å². The number of nitrogens with zero attached hydrogens (tertiary/aromatic N) is 1. The van der Waals surface area contributed by atoms with Crippen molar-refractivity contribution >= 4 is 23.4 Å². The van der Waals surface area contributed by atoms with Crippen LogP contribution < -0.4 is 15.5 Å². The molecule has 36 heavy (non-hydrogen) atoms. The number of rotatable bonds is 6. The van der Waals surface area contributed by atoms with Gasteiger partial charge in [0.1, 0.15) is 19.0 Å². The number of hydrogen-bond donors (Lipinski definition) is 2. The number of anilines is 1. The zero-order chi connectivity index (χ0) is 26.9. The van der Waals surface area contributed by atoms with Crippen LogP contribution in [0.5, 0.6) is 0 Å². The smallest absolute Gasteiger partial charge is 0.349 e. The van der Waals surface area contributed by atoms with E-state index in [1.54, 1.807) is 6.07 Å². The normalized spacial score (nSPS) is 16.1. The Morgan fingerprint density at radius 2 is 1.42 bits per heavy atom. The summed E-state index contributed by atoms with van der Waals surface area (Å²) in [6, 6.07) is 9.88. The summed E-state index contributed by atoms with van der Waals surface area (Å²) >= 11 is 0. The molecule has 0 aromatic heterocycles. The highest BCUT2D eigenvalue weighted by atomic mass is 19.4. The lowest BCUT2D eigenvalue weighted by molar-refractivity contribution is -0.278. The maximum absolute atomic E-state index is 13.3. The fourth-order valence-electron chi connectivity index (χ4n) is 3.55. The van der Waals surface area contributed by atoms with E-state index in [0.717, 1.165) is 0 Å². The lowest BCUT2D eigenvalue weighted by atomic mass is 9.95. The molecule has 1 unspecified atom stereocenters. The van der Waals surface area contributed by atoms with Crippen molar-refractivity contribution in [3.05, 3.63) is 54.1 Å². The summed E-state index contributed by atoms with van der Waals surface area (Å²) in [6.07, 6.45) is -12.0. The maximum Gasteiger partial charge on any atom is 0.455 e. The van der Waals surface area contributed by atoms with Gasteiger partial charge in [0.25, 0.3) is 5.91 Å². The largest absolute Gasteiger partial charge is 0.455 e. The first-order valence-corrected chi connectivity index (χ1v) is 10.2. The number of alkyl halides is 8. The van der Waals surface area contributed by atoms with E-state index in [2.05, 4.69) is 5.32 Å². The van der Waals surface area contributed by atoms with Crippen LogP contribution in [0.4, 0.5) is 40.8 Å². The van der Waals surface area contributed by atoms with Gasteiger partial charge in [-0.15, -0.1) is 0 Å². The summed E-state index contributed by atoms with van der Waals surface area (Å²) in [7, 11) is 0. The van der Waals surface area contributed by atoms with Crippen molar-refractivity contribution in [3.63, 3.8) is 0 Å². The Bertz CT molecular complexity index is 1160. The van der Waals surface area contributed by atoms with Gasteiger partial charge in [0.2, 0.25) is 11.8 Å². The first kappa shape index (κ1) is 26.9. The molecule has 0 radical (unpaired) electrons. The first-order chi connectivity index (χ1) is 16.6. The number of amides is 3. The summed E-state index contributed by atoms with van der Waals surface area (Å²) in [4.78, 5) is 37.8. The van der Waals surface area contributed by atoms with Gasteiger partial charge in [0.05, 0.1) is 12.2 Å². The van der Waals surface area contributed by atoms with E-state index >= 15 is 0 Å². The second-order valence-electron chi connectivity index (χ2n) is 7.80. The van der Waals surface area contributed by atoms with Gasteiger partial charge in [-0.2, -0.15) is 35.1 Å². The van der Waals surface area contributed by atoms with Gasteiger partial charge in [0.15, 0.2) is 0 Å². The second-order valence-corrected chi connectivity index (χ2v) is 7.80. The predicted octanol–water partition coefficient (Wildman–Crippen LogP) is 4.12. The lowest BCUT2D eigenvalue weighted by Gasteiger charge is -2.27. The molecule has 0 bridgehead atoms. The number of carbonyl (C=O) groups is 3. The molecule has 1 aliphatic rings. The van der Waals surface area contributed by atoms with Crippen molar-refractivity contribution in [2.45, 2.75) is 30.7 Å². The third kappa shape index (κ3) is 5.91. The molecule has 2 aromatic carbocycles. The summed E-state index contributed by atoms with van der Waals surface area (Å²) < 4.78 is 103. The molecule has 3 amide bonds. The number of benzene rings is 2. The number of nitrogens with one attached hydrogen (secondary N) is 2. The van der Waals surface area contributed by atoms with Gasteiger partial charge < -0.3 is 15.5 Å². The summed E-state index contributed by atoms with van der Waals surface area (Å²) in [5.41, 5.74) is 0.577. The highest BCUT2D eigenvalue weighted by molar-refractivity contribution is 6.07. The van der Waals surface area contributed by atoms with Crippen LogP contribution in [-0.2, 0) is 14.4 Å². The van der Waals surface area contributed by atoms with Gasteiger partial charge in [0, 0.05) is 5.56 Å². The highest BCUT2D eigenvalue weighted by Gasteiger charge is 2.57. The molecule has 1 aliphatic heterocycles. The molecule has 0 spiro atoms. The molecule has 2 N–H and O–H groups in total. The first-order valence-electron chi connectivity index (χ1n) is 10.2. The van der Waals surface area contributed by atoms with Crippen molar-refractivity contribution in [3.8, 4) is 11.1 Å². The zero-order valence-corrected chi connectivity index (χ0v) is 18.0. The number of fused-ring (bicyclic) bond motifs is 3. The van der Waals surface area contributed by atoms with Crippen molar-refractivity contribution in [1.82, 2.24) is 10.6 Å². The molecule has 3 rings (SSSR count). The lowest BCUT2D eigenvalue weighted by Crippen LogP contribution is -2.48. The Balaban J connectivity index is 1.87. The summed E-state index contributed by atoms with van der Waals surface area (Å²) in [6.45, 7) is -3.82. The summed E-state index contributed by atoms with van der Waals surface area (Å²) in [5.74, 6) is -9.24. The maximum atomic E-state index is 13.3. The highest BCUT2D eigenvalue weighted by Crippen LogP contribution is 2.41. The van der Waals surface area contributed by atoms with Gasteiger partial charge in [-0.1, -0.05) is 42.5 Å². The molecule has 2 aromatic rings.